The zero-order valence-corrected chi connectivity index (χ0v) is 12.4. The third-order valence-corrected chi connectivity index (χ3v) is 4.45. The van der Waals surface area contributed by atoms with Crippen LogP contribution >= 0.6 is 0 Å². The van der Waals surface area contributed by atoms with Gasteiger partial charge in [-0.3, -0.25) is 0 Å². The van der Waals surface area contributed by atoms with Gasteiger partial charge in [0, 0.05) is 12.6 Å². The summed E-state index contributed by atoms with van der Waals surface area (Å²) in [5, 5.41) is 0. The number of hydrogen-bond donors (Lipinski definition) is 2. The van der Waals surface area contributed by atoms with Gasteiger partial charge in [0.25, 0.3) is 0 Å². The number of nitrogens with one attached hydrogen (secondary N) is 1. The van der Waals surface area contributed by atoms with E-state index in [1.54, 1.807) is 6.92 Å². The van der Waals surface area contributed by atoms with Crippen molar-refractivity contribution in [2.75, 3.05) is 6.54 Å². The molecule has 0 heterocycles. The summed E-state index contributed by atoms with van der Waals surface area (Å²) in [6.45, 7) is 1.68. The molecule has 0 saturated carbocycles. The van der Waals surface area contributed by atoms with Crippen molar-refractivity contribution in [3.63, 3.8) is 0 Å². The molecular formula is C15H17FN2O2S. The lowest BCUT2D eigenvalue weighted by Gasteiger charge is -2.13. The van der Waals surface area contributed by atoms with Crippen LogP contribution in [0.25, 0.3) is 0 Å². The highest BCUT2D eigenvalue weighted by atomic mass is 32.2. The van der Waals surface area contributed by atoms with Crippen LogP contribution in [0.2, 0.25) is 0 Å². The highest BCUT2D eigenvalue weighted by Crippen LogP contribution is 2.15. The van der Waals surface area contributed by atoms with E-state index in [1.165, 1.54) is 12.1 Å². The number of rotatable bonds is 5. The molecule has 4 nitrogen and oxygen atoms in total. The Morgan fingerprint density at radius 3 is 2.48 bits per heavy atom. The third kappa shape index (κ3) is 4.10. The van der Waals surface area contributed by atoms with Crippen LogP contribution in [-0.4, -0.2) is 15.0 Å². The van der Waals surface area contributed by atoms with Gasteiger partial charge < -0.3 is 5.73 Å². The van der Waals surface area contributed by atoms with Crippen LogP contribution < -0.4 is 10.5 Å². The average Bonchev–Trinajstić information content (AvgIpc) is 2.45. The number of benzene rings is 2. The van der Waals surface area contributed by atoms with E-state index >= 15 is 0 Å². The molecule has 2 rings (SSSR count). The zero-order valence-electron chi connectivity index (χ0n) is 11.6. The van der Waals surface area contributed by atoms with Gasteiger partial charge in [-0.25, -0.2) is 17.5 Å². The number of nitrogens with two attached hydrogens (primary N) is 1. The predicted octanol–water partition coefficient (Wildman–Crippen LogP) is 2.11. The van der Waals surface area contributed by atoms with Crippen LogP contribution in [0.1, 0.15) is 17.2 Å². The van der Waals surface area contributed by atoms with Crippen LogP contribution in [0.5, 0.6) is 0 Å². The van der Waals surface area contributed by atoms with Crippen molar-refractivity contribution in [2.45, 2.75) is 17.9 Å². The lowest BCUT2D eigenvalue weighted by atomic mass is 10.1. The van der Waals surface area contributed by atoms with Gasteiger partial charge in [0.1, 0.15) is 5.82 Å². The molecule has 0 saturated heterocycles. The highest BCUT2D eigenvalue weighted by molar-refractivity contribution is 7.89. The second kappa shape index (κ2) is 6.34. The number of halogens is 1. The third-order valence-electron chi connectivity index (χ3n) is 3.05. The lowest BCUT2D eigenvalue weighted by molar-refractivity contribution is 0.569. The topological polar surface area (TPSA) is 72.2 Å². The Morgan fingerprint density at radius 1 is 1.19 bits per heavy atom. The molecule has 0 radical (unpaired) electrons. The molecule has 0 bridgehead atoms. The van der Waals surface area contributed by atoms with Crippen molar-refractivity contribution >= 4 is 10.0 Å². The maximum absolute atomic E-state index is 13.3. The fraction of sp³-hybridized carbons (Fsp3) is 0.200. The minimum Gasteiger partial charge on any atom is -0.323 e. The van der Waals surface area contributed by atoms with E-state index in [0.717, 1.165) is 11.6 Å². The molecule has 1 atom stereocenters. The maximum Gasteiger partial charge on any atom is 0.240 e. The van der Waals surface area contributed by atoms with Crippen LogP contribution in [0, 0.1) is 12.7 Å². The van der Waals surface area contributed by atoms with Gasteiger partial charge in [-0.05, 0) is 36.2 Å². The summed E-state index contributed by atoms with van der Waals surface area (Å²) in [7, 11) is -3.78. The molecule has 0 aliphatic rings. The Labute approximate surface area is 123 Å². The summed E-state index contributed by atoms with van der Waals surface area (Å²) in [4.78, 5) is -0.0970. The predicted molar refractivity (Wildman–Crippen MR) is 79.7 cm³/mol. The van der Waals surface area contributed by atoms with Crippen molar-refractivity contribution in [3.8, 4) is 0 Å². The molecule has 2 aromatic rings. The van der Waals surface area contributed by atoms with Gasteiger partial charge in [0.05, 0.1) is 4.90 Å². The van der Waals surface area contributed by atoms with Gasteiger partial charge in [-0.15, -0.1) is 0 Å². The summed E-state index contributed by atoms with van der Waals surface area (Å²) in [6.07, 6.45) is 0. The molecule has 0 spiro atoms. The fourth-order valence-corrected chi connectivity index (χ4v) is 3.13. The minimum atomic E-state index is -3.78. The van der Waals surface area contributed by atoms with Gasteiger partial charge in [-0.1, -0.05) is 30.3 Å². The van der Waals surface area contributed by atoms with Crippen LogP contribution in [0.4, 0.5) is 4.39 Å². The van der Waals surface area contributed by atoms with Crippen molar-refractivity contribution in [1.82, 2.24) is 4.72 Å². The Bertz CT molecular complexity index is 697. The molecule has 112 valence electrons. The summed E-state index contributed by atoms with van der Waals surface area (Å²) in [6, 6.07) is 12.4. The van der Waals surface area contributed by atoms with Crippen LogP contribution in [-0.2, 0) is 10.0 Å². The van der Waals surface area contributed by atoms with E-state index in [0.29, 0.717) is 5.56 Å². The first-order valence-electron chi connectivity index (χ1n) is 6.46. The smallest absolute Gasteiger partial charge is 0.240 e. The van der Waals surface area contributed by atoms with E-state index in [-0.39, 0.29) is 11.4 Å². The molecule has 0 aliphatic heterocycles. The number of hydrogen-bond acceptors (Lipinski definition) is 3. The molecule has 0 aliphatic carbocycles. The van der Waals surface area contributed by atoms with E-state index < -0.39 is 21.9 Å². The second-order valence-corrected chi connectivity index (χ2v) is 6.60. The van der Waals surface area contributed by atoms with Crippen LogP contribution in [0.15, 0.2) is 53.4 Å². The lowest BCUT2D eigenvalue weighted by Crippen LogP contribution is -2.32. The molecule has 21 heavy (non-hydrogen) atoms. The first-order chi connectivity index (χ1) is 9.88. The van der Waals surface area contributed by atoms with Crippen molar-refractivity contribution in [1.29, 1.82) is 0 Å². The molecule has 0 amide bonds. The van der Waals surface area contributed by atoms with Crippen LogP contribution in [0.3, 0.4) is 0 Å². The average molecular weight is 308 g/mol. The van der Waals surface area contributed by atoms with Gasteiger partial charge in [-0.2, -0.15) is 0 Å². The highest BCUT2D eigenvalue weighted by Gasteiger charge is 2.17. The minimum absolute atomic E-state index is 0.0436. The van der Waals surface area contributed by atoms with Gasteiger partial charge >= 0.3 is 0 Å². The molecule has 2 aromatic carbocycles. The Hall–Kier alpha value is -1.76. The first-order valence-corrected chi connectivity index (χ1v) is 7.94. The van der Waals surface area contributed by atoms with Gasteiger partial charge in [0.15, 0.2) is 0 Å². The summed E-state index contributed by atoms with van der Waals surface area (Å²) >= 11 is 0. The van der Waals surface area contributed by atoms with E-state index in [4.69, 9.17) is 5.73 Å². The summed E-state index contributed by atoms with van der Waals surface area (Å²) in [5.41, 5.74) is 7.31. The molecule has 0 unspecified atom stereocenters. The second-order valence-electron chi connectivity index (χ2n) is 4.83. The maximum atomic E-state index is 13.3. The number of aryl methyl sites for hydroxylation is 1. The van der Waals surface area contributed by atoms with Crippen molar-refractivity contribution < 1.29 is 12.8 Å². The monoisotopic (exact) mass is 308 g/mol. The Kier molecular flexibility index (Phi) is 4.72. The summed E-state index contributed by atoms with van der Waals surface area (Å²) in [5.74, 6) is -0.581. The van der Waals surface area contributed by atoms with Gasteiger partial charge in [0.2, 0.25) is 10.0 Å². The first kappa shape index (κ1) is 15.6. The molecule has 0 aromatic heterocycles. The van der Waals surface area contributed by atoms with E-state index in [2.05, 4.69) is 4.72 Å². The Balaban J connectivity index is 2.11. The molecular weight excluding hydrogens is 291 g/mol. The summed E-state index contributed by atoms with van der Waals surface area (Å²) < 4.78 is 40.0. The zero-order chi connectivity index (χ0) is 15.5. The van der Waals surface area contributed by atoms with E-state index in [1.807, 2.05) is 30.3 Å². The normalized spacial score (nSPS) is 13.1. The fourth-order valence-electron chi connectivity index (χ4n) is 1.96. The quantitative estimate of drug-likeness (QED) is 0.888. The van der Waals surface area contributed by atoms with Crippen molar-refractivity contribution in [2.24, 2.45) is 5.73 Å². The Morgan fingerprint density at radius 2 is 1.86 bits per heavy atom. The standard InChI is InChI=1S/C15H17FN2O2S/c1-11-7-13(16)9-14(8-11)21(19,20)18-10-15(17)12-5-3-2-4-6-12/h2-9,15,18H,10,17H2,1H3/t15-/m0/s1. The molecule has 6 heteroatoms. The molecule has 3 N–H and O–H groups in total. The SMILES string of the molecule is Cc1cc(F)cc(S(=O)(=O)NC[C@H](N)c2ccccc2)c1. The molecule has 0 fully saturated rings. The van der Waals surface area contributed by atoms with E-state index in [9.17, 15) is 12.8 Å². The van der Waals surface area contributed by atoms with Crippen molar-refractivity contribution in [3.05, 3.63) is 65.5 Å². The largest absolute Gasteiger partial charge is 0.323 e. The number of sulfonamides is 1.